The van der Waals surface area contributed by atoms with Crippen LogP contribution >= 0.6 is 35.6 Å². The van der Waals surface area contributed by atoms with Gasteiger partial charge in [-0.1, -0.05) is 29.3 Å². The lowest BCUT2D eigenvalue weighted by Crippen LogP contribution is -2.21. The summed E-state index contributed by atoms with van der Waals surface area (Å²) in [5, 5.41) is 11.2. The first-order chi connectivity index (χ1) is 12.5. The van der Waals surface area contributed by atoms with Crippen LogP contribution in [0.1, 0.15) is 36.1 Å². The number of hydrogen-bond acceptors (Lipinski definition) is 4. The quantitative estimate of drug-likeness (QED) is 0.680. The average Bonchev–Trinajstić information content (AvgIpc) is 3.15. The molecule has 1 heterocycles. The van der Waals surface area contributed by atoms with E-state index in [1.54, 1.807) is 24.3 Å². The second kappa shape index (κ2) is 9.92. The standard InChI is InChI=1S/C19H20Cl2FNO3.ClH/c20-15-6-3-11(8-16(15)21)18(23)19(24)14-5-4-12(9-17(14)22)26-10-13-2-1-7-25-13;/h3-6,8-9,13,18-19,24H,1-2,7,10,23H2;1H/t13?,18-,19+;/m0./s1. The number of halogens is 4. The second-order valence-electron chi connectivity index (χ2n) is 6.27. The molecule has 0 spiro atoms. The number of rotatable bonds is 6. The Balaban J connectivity index is 0.00000261. The lowest BCUT2D eigenvalue weighted by molar-refractivity contribution is 0.0677. The van der Waals surface area contributed by atoms with Gasteiger partial charge in [0.05, 0.1) is 22.2 Å². The molecule has 27 heavy (non-hydrogen) atoms. The molecule has 2 aromatic carbocycles. The fourth-order valence-electron chi connectivity index (χ4n) is 2.90. The summed E-state index contributed by atoms with van der Waals surface area (Å²) in [6.07, 6.45) is 0.767. The molecule has 0 aromatic heterocycles. The number of hydrogen-bond donors (Lipinski definition) is 2. The first-order valence-corrected chi connectivity index (χ1v) is 9.13. The van der Waals surface area contributed by atoms with Crippen molar-refractivity contribution in [2.24, 2.45) is 5.73 Å². The molecule has 0 bridgehead atoms. The molecule has 2 aromatic rings. The van der Waals surface area contributed by atoms with E-state index in [2.05, 4.69) is 0 Å². The molecule has 0 amide bonds. The van der Waals surface area contributed by atoms with Crippen molar-refractivity contribution in [3.05, 3.63) is 63.4 Å². The summed E-state index contributed by atoms with van der Waals surface area (Å²) in [7, 11) is 0. The van der Waals surface area contributed by atoms with Crippen LogP contribution in [0.2, 0.25) is 10.0 Å². The van der Waals surface area contributed by atoms with Crippen molar-refractivity contribution < 1.29 is 19.0 Å². The van der Waals surface area contributed by atoms with Gasteiger partial charge in [0, 0.05) is 18.2 Å². The molecule has 8 heteroatoms. The van der Waals surface area contributed by atoms with Crippen LogP contribution in [0.25, 0.3) is 0 Å². The van der Waals surface area contributed by atoms with Gasteiger partial charge in [0.25, 0.3) is 0 Å². The smallest absolute Gasteiger partial charge is 0.132 e. The lowest BCUT2D eigenvalue weighted by Gasteiger charge is -2.21. The largest absolute Gasteiger partial charge is 0.491 e. The van der Waals surface area contributed by atoms with E-state index in [-0.39, 0.29) is 24.1 Å². The van der Waals surface area contributed by atoms with Gasteiger partial charge in [-0.25, -0.2) is 4.39 Å². The number of aliphatic hydroxyl groups is 1. The highest BCUT2D eigenvalue weighted by molar-refractivity contribution is 6.42. The third-order valence-electron chi connectivity index (χ3n) is 4.42. The van der Waals surface area contributed by atoms with E-state index in [4.69, 9.17) is 38.4 Å². The molecule has 3 N–H and O–H groups in total. The van der Waals surface area contributed by atoms with Crippen LogP contribution in [0.15, 0.2) is 36.4 Å². The molecule has 148 valence electrons. The molecule has 1 aliphatic heterocycles. The molecule has 0 radical (unpaired) electrons. The molecule has 1 fully saturated rings. The fourth-order valence-corrected chi connectivity index (χ4v) is 3.20. The predicted molar refractivity (Wildman–Crippen MR) is 106 cm³/mol. The summed E-state index contributed by atoms with van der Waals surface area (Å²) >= 11 is 11.9. The maximum Gasteiger partial charge on any atom is 0.132 e. The summed E-state index contributed by atoms with van der Waals surface area (Å²) in [5.74, 6) is -0.199. The second-order valence-corrected chi connectivity index (χ2v) is 7.09. The van der Waals surface area contributed by atoms with Gasteiger partial charge < -0.3 is 20.3 Å². The van der Waals surface area contributed by atoms with E-state index in [1.165, 1.54) is 12.1 Å². The summed E-state index contributed by atoms with van der Waals surface area (Å²) in [4.78, 5) is 0. The summed E-state index contributed by atoms with van der Waals surface area (Å²) in [6.45, 7) is 1.12. The Morgan fingerprint density at radius 3 is 2.63 bits per heavy atom. The van der Waals surface area contributed by atoms with Gasteiger partial charge in [-0.15, -0.1) is 12.4 Å². The predicted octanol–water partition coefficient (Wildman–Crippen LogP) is 4.85. The van der Waals surface area contributed by atoms with Gasteiger partial charge in [-0.2, -0.15) is 0 Å². The fraction of sp³-hybridized carbons (Fsp3) is 0.368. The Kier molecular flexibility index (Phi) is 8.16. The van der Waals surface area contributed by atoms with Gasteiger partial charge in [0.2, 0.25) is 0 Å². The van der Waals surface area contributed by atoms with Gasteiger partial charge in [0.15, 0.2) is 0 Å². The van der Waals surface area contributed by atoms with Crippen LogP contribution in [-0.4, -0.2) is 24.4 Å². The van der Waals surface area contributed by atoms with Crippen molar-refractivity contribution in [2.45, 2.75) is 31.1 Å². The summed E-state index contributed by atoms with van der Waals surface area (Å²) in [5.41, 5.74) is 6.72. The van der Waals surface area contributed by atoms with Crippen molar-refractivity contribution >= 4 is 35.6 Å². The molecule has 4 nitrogen and oxygen atoms in total. The molecule has 1 aliphatic rings. The molecular formula is C19H21Cl3FNO3. The number of ether oxygens (including phenoxy) is 2. The molecule has 1 unspecified atom stereocenters. The number of nitrogens with two attached hydrogens (primary N) is 1. The third kappa shape index (κ3) is 5.47. The zero-order valence-corrected chi connectivity index (χ0v) is 16.7. The van der Waals surface area contributed by atoms with Crippen LogP contribution in [-0.2, 0) is 4.74 Å². The minimum Gasteiger partial charge on any atom is -0.491 e. The molecule has 3 atom stereocenters. The maximum absolute atomic E-state index is 14.4. The molecule has 0 saturated carbocycles. The highest BCUT2D eigenvalue weighted by Crippen LogP contribution is 2.33. The van der Waals surface area contributed by atoms with E-state index in [0.29, 0.717) is 28.0 Å². The van der Waals surface area contributed by atoms with Crippen molar-refractivity contribution in [1.29, 1.82) is 0 Å². The first-order valence-electron chi connectivity index (χ1n) is 8.38. The molecule has 3 rings (SSSR count). The van der Waals surface area contributed by atoms with Crippen LogP contribution in [0.3, 0.4) is 0 Å². The first kappa shape index (κ1) is 22.2. The van der Waals surface area contributed by atoms with E-state index in [1.807, 2.05) is 0 Å². The highest BCUT2D eigenvalue weighted by Gasteiger charge is 2.23. The Morgan fingerprint density at radius 1 is 1.22 bits per heavy atom. The van der Waals surface area contributed by atoms with E-state index < -0.39 is 18.0 Å². The van der Waals surface area contributed by atoms with Crippen LogP contribution in [0, 0.1) is 5.82 Å². The van der Waals surface area contributed by atoms with E-state index in [9.17, 15) is 9.50 Å². The zero-order valence-electron chi connectivity index (χ0n) is 14.4. The van der Waals surface area contributed by atoms with Crippen molar-refractivity contribution in [1.82, 2.24) is 0 Å². The third-order valence-corrected chi connectivity index (χ3v) is 5.16. The van der Waals surface area contributed by atoms with Crippen molar-refractivity contribution in [3.8, 4) is 5.75 Å². The summed E-state index contributed by atoms with van der Waals surface area (Å²) < 4.78 is 25.5. The Bertz CT molecular complexity index is 772. The zero-order chi connectivity index (χ0) is 18.7. The average molecular weight is 437 g/mol. The lowest BCUT2D eigenvalue weighted by atomic mass is 9.96. The van der Waals surface area contributed by atoms with E-state index >= 15 is 0 Å². The van der Waals surface area contributed by atoms with Gasteiger partial charge in [0.1, 0.15) is 24.3 Å². The monoisotopic (exact) mass is 435 g/mol. The Hall–Kier alpha value is -1.08. The SMILES string of the molecule is Cl.N[C@@H](c1ccc(Cl)c(Cl)c1)[C@H](O)c1ccc(OCC2CCCO2)cc1F. The van der Waals surface area contributed by atoms with Crippen LogP contribution < -0.4 is 10.5 Å². The topological polar surface area (TPSA) is 64.7 Å². The molecular weight excluding hydrogens is 416 g/mol. The van der Waals surface area contributed by atoms with E-state index in [0.717, 1.165) is 19.4 Å². The minimum atomic E-state index is -1.24. The van der Waals surface area contributed by atoms with Crippen LogP contribution in [0.5, 0.6) is 5.75 Å². The summed E-state index contributed by atoms with van der Waals surface area (Å²) in [6, 6.07) is 8.28. The Labute approximate surface area is 173 Å². The Morgan fingerprint density at radius 2 is 2.00 bits per heavy atom. The number of aliphatic hydroxyl groups excluding tert-OH is 1. The highest BCUT2D eigenvalue weighted by atomic mass is 35.5. The molecule has 0 aliphatic carbocycles. The van der Waals surface area contributed by atoms with Gasteiger partial charge in [-0.05, 0) is 42.7 Å². The molecule has 1 saturated heterocycles. The van der Waals surface area contributed by atoms with Crippen molar-refractivity contribution in [2.75, 3.05) is 13.2 Å². The maximum atomic E-state index is 14.4. The van der Waals surface area contributed by atoms with Crippen molar-refractivity contribution in [3.63, 3.8) is 0 Å². The normalized spacial score (nSPS) is 18.6. The minimum absolute atomic E-state index is 0. The van der Waals surface area contributed by atoms with Gasteiger partial charge >= 0.3 is 0 Å². The number of benzene rings is 2. The van der Waals surface area contributed by atoms with Crippen LogP contribution in [0.4, 0.5) is 4.39 Å². The van der Waals surface area contributed by atoms with Gasteiger partial charge in [-0.3, -0.25) is 0 Å².